The van der Waals surface area contributed by atoms with Gasteiger partial charge in [-0.05, 0) is 6.42 Å². The van der Waals surface area contributed by atoms with Gasteiger partial charge in [0.25, 0.3) is 6.73 Å². The van der Waals surface area contributed by atoms with Crippen molar-refractivity contribution in [1.82, 2.24) is 0 Å². The Labute approximate surface area is 88.6 Å². The predicted octanol–water partition coefficient (Wildman–Crippen LogP) is 1.10. The number of hydrogen-bond donors (Lipinski definition) is 0. The summed E-state index contributed by atoms with van der Waals surface area (Å²) < 4.78 is 15.2. The van der Waals surface area contributed by atoms with Crippen LogP contribution in [0.1, 0.15) is 6.42 Å². The van der Waals surface area contributed by atoms with Crippen molar-refractivity contribution in [2.45, 2.75) is 12.5 Å². The van der Waals surface area contributed by atoms with Gasteiger partial charge in [0.15, 0.2) is 0 Å². The predicted molar refractivity (Wildman–Crippen MR) is 52.9 cm³/mol. The lowest BCUT2D eigenvalue weighted by Crippen LogP contribution is -2.45. The molecule has 0 aliphatic carbocycles. The van der Waals surface area contributed by atoms with E-state index in [9.17, 15) is 10.1 Å². The lowest BCUT2D eigenvalue weighted by molar-refractivity contribution is -0.518. The molecule has 0 saturated carbocycles. The van der Waals surface area contributed by atoms with Gasteiger partial charge in [-0.1, -0.05) is 0 Å². The van der Waals surface area contributed by atoms with Gasteiger partial charge in [-0.25, -0.2) is 0 Å². The molecule has 0 aliphatic rings. The molecule has 0 aromatic rings. The highest BCUT2D eigenvalue weighted by Gasteiger charge is 2.39. The fourth-order valence-corrected chi connectivity index (χ4v) is 3.14. The molecule has 0 fully saturated rings. The van der Waals surface area contributed by atoms with Gasteiger partial charge < -0.3 is 13.3 Å². The van der Waals surface area contributed by atoms with Gasteiger partial charge in [0.2, 0.25) is 0 Å². The molecule has 6 nitrogen and oxygen atoms in total. The third-order valence-corrected chi connectivity index (χ3v) is 4.67. The van der Waals surface area contributed by atoms with Gasteiger partial charge in [-0.15, -0.1) is 11.6 Å². The molecule has 0 radical (unpaired) electrons. The lowest BCUT2D eigenvalue weighted by atomic mass is 10.6. The van der Waals surface area contributed by atoms with Crippen LogP contribution < -0.4 is 0 Å². The molecule has 0 heterocycles. The fraction of sp³-hybridized carbons (Fsp3) is 1.00. The van der Waals surface area contributed by atoms with Crippen LogP contribution in [0.2, 0.25) is 6.04 Å². The minimum absolute atomic E-state index is 0.448. The van der Waals surface area contributed by atoms with Gasteiger partial charge in [-0.2, -0.15) is 0 Å². The minimum atomic E-state index is -2.85. The summed E-state index contributed by atoms with van der Waals surface area (Å²) in [5.41, 5.74) is 0. The maximum atomic E-state index is 10.1. The summed E-state index contributed by atoms with van der Waals surface area (Å²) in [6, 6.07) is 0.483. The first-order chi connectivity index (χ1) is 6.60. The zero-order chi connectivity index (χ0) is 11.0. The van der Waals surface area contributed by atoms with Crippen molar-refractivity contribution in [2.75, 3.05) is 26.8 Å². The molecule has 0 atom stereocenters. The first kappa shape index (κ1) is 13.8. The van der Waals surface area contributed by atoms with E-state index in [1.54, 1.807) is 0 Å². The Balaban J connectivity index is 4.13. The molecule has 0 aliphatic heterocycles. The van der Waals surface area contributed by atoms with Gasteiger partial charge in [0.1, 0.15) is 0 Å². The molecule has 0 saturated heterocycles. The van der Waals surface area contributed by atoms with Crippen LogP contribution in [0.25, 0.3) is 0 Å². The largest absolute Gasteiger partial charge is 0.505 e. The second-order valence-electron chi connectivity index (χ2n) is 2.49. The summed E-state index contributed by atoms with van der Waals surface area (Å²) >= 11 is 5.51. The lowest BCUT2D eigenvalue weighted by Gasteiger charge is -2.23. The number of rotatable bonds is 8. The molecule has 0 rings (SSSR count). The average molecular weight is 244 g/mol. The summed E-state index contributed by atoms with van der Waals surface area (Å²) in [5, 5.41) is 10.1. The Bertz CT molecular complexity index is 178. The van der Waals surface area contributed by atoms with Gasteiger partial charge in [0.05, 0.1) is 0 Å². The normalized spacial score (nSPS) is 11.6. The molecule has 8 heteroatoms. The van der Waals surface area contributed by atoms with Crippen molar-refractivity contribution < 1.29 is 18.2 Å². The fourth-order valence-electron chi connectivity index (χ4n) is 0.912. The minimum Gasteiger partial charge on any atom is -0.377 e. The van der Waals surface area contributed by atoms with E-state index in [0.29, 0.717) is 18.3 Å². The highest BCUT2D eigenvalue weighted by molar-refractivity contribution is 6.60. The first-order valence-corrected chi connectivity index (χ1v) is 6.49. The summed E-state index contributed by atoms with van der Waals surface area (Å²) in [7, 11) is -0.0122. The Morgan fingerprint density at radius 3 is 2.36 bits per heavy atom. The van der Waals surface area contributed by atoms with Crippen molar-refractivity contribution in [1.29, 1.82) is 0 Å². The molecule has 0 aromatic heterocycles. The number of nitrogens with zero attached hydrogens (tertiary/aromatic N) is 1. The molecule has 0 N–H and O–H groups in total. The van der Waals surface area contributed by atoms with Crippen molar-refractivity contribution in [2.24, 2.45) is 0 Å². The van der Waals surface area contributed by atoms with E-state index in [0.717, 1.165) is 0 Å². The highest BCUT2D eigenvalue weighted by Crippen LogP contribution is 2.16. The maximum absolute atomic E-state index is 10.1. The third-order valence-electron chi connectivity index (χ3n) is 1.63. The van der Waals surface area contributed by atoms with E-state index in [1.807, 2.05) is 0 Å². The molecule has 0 spiro atoms. The third kappa shape index (κ3) is 4.87. The Hall–Kier alpha value is -0.213. The maximum Gasteiger partial charge on any atom is 0.505 e. The Morgan fingerprint density at radius 1 is 1.43 bits per heavy atom. The quantitative estimate of drug-likeness (QED) is 0.210. The van der Waals surface area contributed by atoms with E-state index < -0.39 is 20.5 Å². The number of halogens is 1. The molecule has 14 heavy (non-hydrogen) atoms. The van der Waals surface area contributed by atoms with Crippen LogP contribution in [0, 0.1) is 10.1 Å². The second kappa shape index (κ2) is 7.13. The monoisotopic (exact) mass is 243 g/mol. The summed E-state index contributed by atoms with van der Waals surface area (Å²) in [5.74, 6) is 0.448. The number of alkyl halides is 1. The molecule has 0 amide bonds. The average Bonchev–Trinajstić information content (AvgIpc) is 2.19. The Morgan fingerprint density at radius 2 is 2.00 bits per heavy atom. The van der Waals surface area contributed by atoms with Crippen LogP contribution in [-0.2, 0) is 13.3 Å². The van der Waals surface area contributed by atoms with E-state index >= 15 is 0 Å². The summed E-state index contributed by atoms with van der Waals surface area (Å²) in [6.07, 6.45) is 0.646. The van der Waals surface area contributed by atoms with E-state index in [1.165, 1.54) is 14.2 Å². The van der Waals surface area contributed by atoms with Gasteiger partial charge in [-0.3, -0.25) is 10.1 Å². The number of nitro groups is 1. The van der Waals surface area contributed by atoms with Crippen molar-refractivity contribution in [3.05, 3.63) is 10.1 Å². The van der Waals surface area contributed by atoms with Crippen LogP contribution in [-0.4, -0.2) is 40.6 Å². The summed E-state index contributed by atoms with van der Waals surface area (Å²) in [6.45, 7) is -0.601. The molecule has 0 bridgehead atoms. The molecular weight excluding hydrogens is 230 g/mol. The first-order valence-electron chi connectivity index (χ1n) is 4.02. The van der Waals surface area contributed by atoms with Crippen molar-refractivity contribution in [3.8, 4) is 0 Å². The summed E-state index contributed by atoms with van der Waals surface area (Å²) in [4.78, 5) is 9.55. The Kier molecular flexibility index (Phi) is 7.02. The SMILES string of the molecule is CO[Si](CCCCl)(OC)OC[N+](=O)[O-]. The standard InChI is InChI=1S/C6H14ClNO5Si/c1-11-14(12-2,5-3-4-7)13-6-8(9)10/h3-6H2,1-2H3. The van der Waals surface area contributed by atoms with Crippen LogP contribution in [0.4, 0.5) is 0 Å². The number of hydrogen-bond acceptors (Lipinski definition) is 5. The molecule has 84 valence electrons. The zero-order valence-electron chi connectivity index (χ0n) is 8.19. The van der Waals surface area contributed by atoms with Gasteiger partial charge >= 0.3 is 8.80 Å². The van der Waals surface area contributed by atoms with E-state index in [2.05, 4.69) is 0 Å². The van der Waals surface area contributed by atoms with Crippen LogP contribution >= 0.6 is 11.6 Å². The molecule has 0 aromatic carbocycles. The van der Waals surface area contributed by atoms with E-state index in [-0.39, 0.29) is 0 Å². The molecular formula is C6H14ClNO5Si. The topological polar surface area (TPSA) is 70.8 Å². The van der Waals surface area contributed by atoms with Crippen LogP contribution in [0.3, 0.4) is 0 Å². The smallest absolute Gasteiger partial charge is 0.377 e. The second-order valence-corrected chi connectivity index (χ2v) is 5.84. The zero-order valence-corrected chi connectivity index (χ0v) is 9.95. The van der Waals surface area contributed by atoms with Crippen molar-refractivity contribution >= 4 is 20.4 Å². The highest BCUT2D eigenvalue weighted by atomic mass is 35.5. The van der Waals surface area contributed by atoms with Gasteiger partial charge in [0, 0.05) is 31.1 Å². The van der Waals surface area contributed by atoms with E-state index in [4.69, 9.17) is 24.9 Å². The van der Waals surface area contributed by atoms with Crippen LogP contribution in [0.15, 0.2) is 0 Å². The van der Waals surface area contributed by atoms with Crippen LogP contribution in [0.5, 0.6) is 0 Å². The van der Waals surface area contributed by atoms with Crippen molar-refractivity contribution in [3.63, 3.8) is 0 Å². The molecule has 0 unspecified atom stereocenters.